The van der Waals surface area contributed by atoms with Crippen LogP contribution >= 0.6 is 0 Å². The third-order valence-corrected chi connectivity index (χ3v) is 16.0. The van der Waals surface area contributed by atoms with Crippen molar-refractivity contribution in [1.82, 2.24) is 24.1 Å². The Morgan fingerprint density at radius 3 is 1.39 bits per heavy atom. The first-order valence-electron chi connectivity index (χ1n) is 26.4. The minimum absolute atomic E-state index is 0.174. The number of para-hydroxylation sites is 2. The van der Waals surface area contributed by atoms with Gasteiger partial charge in [-0.3, -0.25) is 0 Å². The van der Waals surface area contributed by atoms with E-state index in [4.69, 9.17) is 15.0 Å². The molecular formula is C72H49N5. The molecule has 14 aromatic rings. The lowest BCUT2D eigenvalue weighted by atomic mass is 9.82. The van der Waals surface area contributed by atoms with Crippen LogP contribution in [0.4, 0.5) is 0 Å². The van der Waals surface area contributed by atoms with Gasteiger partial charge in [-0.1, -0.05) is 190 Å². The van der Waals surface area contributed by atoms with Crippen molar-refractivity contribution in [2.75, 3.05) is 0 Å². The van der Waals surface area contributed by atoms with Crippen LogP contribution in [0.2, 0.25) is 0 Å². The molecule has 0 radical (unpaired) electrons. The predicted octanol–water partition coefficient (Wildman–Crippen LogP) is 18.4. The van der Waals surface area contributed by atoms with E-state index in [2.05, 4.69) is 223 Å². The molecule has 0 amide bonds. The molecule has 5 nitrogen and oxygen atoms in total. The molecule has 0 spiro atoms. The van der Waals surface area contributed by atoms with Crippen molar-refractivity contribution in [2.45, 2.75) is 19.3 Å². The Morgan fingerprint density at radius 2 is 0.714 bits per heavy atom. The third-order valence-electron chi connectivity index (χ3n) is 16.0. The van der Waals surface area contributed by atoms with E-state index in [1.807, 2.05) is 60.7 Å². The summed E-state index contributed by atoms with van der Waals surface area (Å²) in [4.78, 5) is 15.1. The van der Waals surface area contributed by atoms with E-state index in [9.17, 15) is 0 Å². The lowest BCUT2D eigenvalue weighted by molar-refractivity contribution is 0.661. The number of aromatic nitrogens is 5. The van der Waals surface area contributed by atoms with Gasteiger partial charge in [-0.25, -0.2) is 15.0 Å². The Bertz CT molecular complexity index is 4550. The van der Waals surface area contributed by atoms with Gasteiger partial charge in [0, 0.05) is 55.0 Å². The van der Waals surface area contributed by atoms with Crippen LogP contribution in [0, 0.1) is 0 Å². The highest BCUT2D eigenvalue weighted by Crippen LogP contribution is 2.51. The quantitative estimate of drug-likeness (QED) is 0.152. The molecule has 0 fully saturated rings. The van der Waals surface area contributed by atoms with E-state index in [1.165, 1.54) is 88.2 Å². The summed E-state index contributed by atoms with van der Waals surface area (Å²) in [6.45, 7) is 4.73. The SMILES string of the molecule is CC1(C)c2ccccc2-c2cc3c4cc(-c5cc(-c6ccc7c(c6)c6ccccc6n7-c6ccccc6)ccc5-c5ccccc5)ccc4n(-c4ccc(-c5nc(-c6ccccc6)nc(-c6ccccc6)n5)cc4)c3cc21. The van der Waals surface area contributed by atoms with Crippen LogP contribution in [0.3, 0.4) is 0 Å². The number of fused-ring (bicyclic) bond motifs is 9. The molecule has 0 N–H and O–H groups in total. The van der Waals surface area contributed by atoms with Gasteiger partial charge in [0.2, 0.25) is 0 Å². The molecular weight excluding hydrogens is 935 g/mol. The maximum absolute atomic E-state index is 5.07. The fourth-order valence-electron chi connectivity index (χ4n) is 12.2. The summed E-state index contributed by atoms with van der Waals surface area (Å²) in [5.74, 6) is 1.91. The zero-order valence-corrected chi connectivity index (χ0v) is 42.6. The highest BCUT2D eigenvalue weighted by Gasteiger charge is 2.36. The van der Waals surface area contributed by atoms with Gasteiger partial charge in [-0.2, -0.15) is 0 Å². The Morgan fingerprint density at radius 1 is 0.260 bits per heavy atom. The summed E-state index contributed by atoms with van der Waals surface area (Å²) in [5, 5.41) is 4.89. The first-order chi connectivity index (χ1) is 37.9. The van der Waals surface area contributed by atoms with Crippen LogP contribution in [0.15, 0.2) is 261 Å². The standard InChI is InChI=1S/C72H49N5/c1-72(2)63-29-17-15-27-56(63)59-44-62-61-43-52(58-41-50(33-38-55(58)46-19-7-3-8-20-46)51-34-39-66-60(42-51)57-28-16-18-30-65(57)76(66)53-25-13-6-14-26-53)35-40-67(61)77(68(62)45-64(59)72)54-36-31-49(32-37-54)71-74-69(47-21-9-4-10-22-47)73-70(75-71)48-23-11-5-12-24-48/h3-45H,1-2H3. The summed E-state index contributed by atoms with van der Waals surface area (Å²) in [6, 6.07) is 94.2. The van der Waals surface area contributed by atoms with E-state index in [1.54, 1.807) is 0 Å². The lowest BCUT2D eigenvalue weighted by Gasteiger charge is -2.21. The molecule has 0 aliphatic heterocycles. The fraction of sp³-hybridized carbons (Fsp3) is 0.0417. The van der Waals surface area contributed by atoms with Crippen LogP contribution in [-0.4, -0.2) is 24.1 Å². The predicted molar refractivity (Wildman–Crippen MR) is 319 cm³/mol. The Hall–Kier alpha value is -9.97. The van der Waals surface area contributed by atoms with Crippen LogP contribution in [-0.2, 0) is 5.41 Å². The summed E-state index contributed by atoms with van der Waals surface area (Å²) in [5.41, 5.74) is 21.9. The molecule has 3 heterocycles. The first kappa shape index (κ1) is 44.5. The largest absolute Gasteiger partial charge is 0.309 e. The van der Waals surface area contributed by atoms with Crippen molar-refractivity contribution >= 4 is 43.6 Å². The maximum atomic E-state index is 5.07. The Kier molecular flexibility index (Phi) is 10.2. The number of nitrogens with zero attached hydrogens (tertiary/aromatic N) is 5. The van der Waals surface area contributed by atoms with Crippen LogP contribution in [0.1, 0.15) is 25.0 Å². The molecule has 77 heavy (non-hydrogen) atoms. The molecule has 0 saturated carbocycles. The van der Waals surface area contributed by atoms with Crippen molar-refractivity contribution in [2.24, 2.45) is 0 Å². The van der Waals surface area contributed by atoms with E-state index in [0.717, 1.165) is 39.1 Å². The molecule has 1 aliphatic rings. The zero-order chi connectivity index (χ0) is 51.2. The highest BCUT2D eigenvalue weighted by atomic mass is 15.0. The van der Waals surface area contributed by atoms with Crippen LogP contribution < -0.4 is 0 Å². The van der Waals surface area contributed by atoms with Crippen LogP contribution in [0.5, 0.6) is 0 Å². The number of hydrogen-bond donors (Lipinski definition) is 0. The minimum Gasteiger partial charge on any atom is -0.309 e. The monoisotopic (exact) mass is 983 g/mol. The van der Waals surface area contributed by atoms with Crippen molar-refractivity contribution in [3.63, 3.8) is 0 Å². The van der Waals surface area contributed by atoms with Gasteiger partial charge in [-0.05, 0) is 141 Å². The molecule has 15 rings (SSSR count). The average Bonchev–Trinajstić information content (AvgIpc) is 4.12. The Balaban J connectivity index is 0.909. The van der Waals surface area contributed by atoms with Crippen molar-refractivity contribution in [3.05, 3.63) is 272 Å². The van der Waals surface area contributed by atoms with Crippen LogP contribution in [0.25, 0.3) is 134 Å². The van der Waals surface area contributed by atoms with Crippen molar-refractivity contribution < 1.29 is 0 Å². The average molecular weight is 984 g/mol. The molecule has 0 bridgehead atoms. The highest BCUT2D eigenvalue weighted by molar-refractivity contribution is 6.14. The molecule has 362 valence electrons. The van der Waals surface area contributed by atoms with Gasteiger partial charge < -0.3 is 9.13 Å². The zero-order valence-electron chi connectivity index (χ0n) is 42.6. The molecule has 0 saturated heterocycles. The maximum Gasteiger partial charge on any atom is 0.164 e. The van der Waals surface area contributed by atoms with Gasteiger partial charge in [0.25, 0.3) is 0 Å². The van der Waals surface area contributed by atoms with Gasteiger partial charge in [0.15, 0.2) is 17.5 Å². The first-order valence-corrected chi connectivity index (χ1v) is 26.4. The van der Waals surface area contributed by atoms with E-state index in [-0.39, 0.29) is 5.41 Å². The second-order valence-corrected chi connectivity index (χ2v) is 20.8. The summed E-state index contributed by atoms with van der Waals surface area (Å²) in [7, 11) is 0. The molecule has 0 unspecified atom stereocenters. The molecule has 3 aromatic heterocycles. The number of benzene rings is 11. The third kappa shape index (κ3) is 7.27. The summed E-state index contributed by atoms with van der Waals surface area (Å²) in [6.07, 6.45) is 0. The topological polar surface area (TPSA) is 48.5 Å². The molecule has 5 heteroatoms. The van der Waals surface area contributed by atoms with E-state index in [0.29, 0.717) is 17.5 Å². The van der Waals surface area contributed by atoms with Crippen molar-refractivity contribution in [3.8, 4) is 90.0 Å². The second-order valence-electron chi connectivity index (χ2n) is 20.8. The second kappa shape index (κ2) is 17.6. The Labute approximate surface area is 446 Å². The normalized spacial score (nSPS) is 12.6. The fourth-order valence-corrected chi connectivity index (χ4v) is 12.2. The smallest absolute Gasteiger partial charge is 0.164 e. The molecule has 0 atom stereocenters. The molecule has 11 aromatic carbocycles. The number of rotatable bonds is 8. The lowest BCUT2D eigenvalue weighted by Crippen LogP contribution is -2.14. The van der Waals surface area contributed by atoms with Crippen molar-refractivity contribution in [1.29, 1.82) is 0 Å². The van der Waals surface area contributed by atoms with Gasteiger partial charge in [0.05, 0.1) is 22.1 Å². The minimum atomic E-state index is -0.174. The van der Waals surface area contributed by atoms with E-state index < -0.39 is 0 Å². The number of hydrogen-bond acceptors (Lipinski definition) is 3. The van der Waals surface area contributed by atoms with E-state index >= 15 is 0 Å². The summed E-state index contributed by atoms with van der Waals surface area (Å²) < 4.78 is 4.83. The summed E-state index contributed by atoms with van der Waals surface area (Å²) >= 11 is 0. The molecule has 1 aliphatic carbocycles. The van der Waals surface area contributed by atoms with Gasteiger partial charge in [-0.15, -0.1) is 0 Å². The van der Waals surface area contributed by atoms with Gasteiger partial charge >= 0.3 is 0 Å². The van der Waals surface area contributed by atoms with Gasteiger partial charge in [0.1, 0.15) is 0 Å².